The predicted octanol–water partition coefficient (Wildman–Crippen LogP) is 20.6. The number of ether oxygens (including phenoxy) is 1. The Bertz CT molecular complexity index is 1120. The molecular formula is C66H127NO5. The number of hydrogen-bond acceptors (Lipinski definition) is 5. The minimum absolute atomic E-state index is 0.0101. The van der Waals surface area contributed by atoms with E-state index in [2.05, 4.69) is 31.3 Å². The highest BCUT2D eigenvalue weighted by atomic mass is 16.5. The van der Waals surface area contributed by atoms with E-state index < -0.39 is 12.1 Å². The molecule has 0 heterocycles. The summed E-state index contributed by atoms with van der Waals surface area (Å²) in [7, 11) is 0. The van der Waals surface area contributed by atoms with Gasteiger partial charge < -0.3 is 20.3 Å². The first-order valence-corrected chi connectivity index (χ1v) is 32.6. The van der Waals surface area contributed by atoms with E-state index in [0.29, 0.717) is 19.4 Å². The van der Waals surface area contributed by atoms with Crippen molar-refractivity contribution in [1.29, 1.82) is 0 Å². The Morgan fingerprint density at radius 2 is 0.653 bits per heavy atom. The number of carbonyl (C=O) groups excluding carboxylic acids is 2. The maximum atomic E-state index is 12.5. The van der Waals surface area contributed by atoms with E-state index in [9.17, 15) is 19.8 Å². The van der Waals surface area contributed by atoms with E-state index in [1.165, 1.54) is 289 Å². The van der Waals surface area contributed by atoms with Gasteiger partial charge in [-0.15, -0.1) is 0 Å². The maximum Gasteiger partial charge on any atom is 0.305 e. The number of aliphatic hydroxyl groups excluding tert-OH is 2. The van der Waals surface area contributed by atoms with Crippen LogP contribution >= 0.6 is 0 Å². The molecular weight excluding hydrogens is 887 g/mol. The van der Waals surface area contributed by atoms with Crippen molar-refractivity contribution in [2.45, 2.75) is 373 Å². The number of allylic oxidation sites excluding steroid dienone is 3. The topological polar surface area (TPSA) is 95.9 Å². The second-order valence-electron chi connectivity index (χ2n) is 22.5. The van der Waals surface area contributed by atoms with Crippen molar-refractivity contribution < 1.29 is 24.5 Å². The van der Waals surface area contributed by atoms with Crippen molar-refractivity contribution in [3.63, 3.8) is 0 Å². The SMILES string of the molecule is CCCCCC/C=C\CCCCCCCC(=O)OCCCCCCCCCCCCCCCCCCCCCCCCCCCCCCCC(=O)NC(CO)C(O)/C=C/CCCCCCCCCCCCC. The molecule has 0 radical (unpaired) electrons. The van der Waals surface area contributed by atoms with Gasteiger partial charge in [0.25, 0.3) is 0 Å². The zero-order valence-corrected chi connectivity index (χ0v) is 48.7. The molecule has 0 aliphatic rings. The molecule has 6 heteroatoms. The van der Waals surface area contributed by atoms with Crippen molar-refractivity contribution in [1.82, 2.24) is 5.32 Å². The maximum absolute atomic E-state index is 12.5. The minimum atomic E-state index is -0.841. The van der Waals surface area contributed by atoms with Gasteiger partial charge in [-0.3, -0.25) is 9.59 Å². The Kier molecular flexibility index (Phi) is 60.5. The largest absolute Gasteiger partial charge is 0.466 e. The summed E-state index contributed by atoms with van der Waals surface area (Å²) in [5.74, 6) is -0.0532. The van der Waals surface area contributed by atoms with Crippen LogP contribution in [0.5, 0.6) is 0 Å². The lowest BCUT2D eigenvalue weighted by atomic mass is 10.0. The molecule has 3 N–H and O–H groups in total. The predicted molar refractivity (Wildman–Crippen MR) is 315 cm³/mol. The highest BCUT2D eigenvalue weighted by molar-refractivity contribution is 5.76. The zero-order chi connectivity index (χ0) is 52.2. The van der Waals surface area contributed by atoms with Crippen LogP contribution in [-0.2, 0) is 14.3 Å². The second-order valence-corrected chi connectivity index (χ2v) is 22.5. The number of hydrogen-bond donors (Lipinski definition) is 3. The Hall–Kier alpha value is -1.66. The average molecular weight is 1010 g/mol. The normalized spacial score (nSPS) is 12.7. The quantitative estimate of drug-likeness (QED) is 0.0320. The highest BCUT2D eigenvalue weighted by Crippen LogP contribution is 2.18. The Balaban J connectivity index is 3.34. The third-order valence-corrected chi connectivity index (χ3v) is 15.2. The van der Waals surface area contributed by atoms with E-state index in [-0.39, 0.29) is 18.5 Å². The van der Waals surface area contributed by atoms with Gasteiger partial charge in [0.2, 0.25) is 5.91 Å². The number of aliphatic hydroxyl groups is 2. The first-order chi connectivity index (χ1) is 35.5. The molecule has 0 saturated heterocycles. The van der Waals surface area contributed by atoms with Gasteiger partial charge >= 0.3 is 5.97 Å². The summed E-state index contributed by atoms with van der Waals surface area (Å²) >= 11 is 0. The fraction of sp³-hybridized carbons (Fsp3) is 0.909. The van der Waals surface area contributed by atoms with E-state index in [1.54, 1.807) is 6.08 Å². The molecule has 0 saturated carbocycles. The van der Waals surface area contributed by atoms with E-state index >= 15 is 0 Å². The zero-order valence-electron chi connectivity index (χ0n) is 48.7. The Morgan fingerprint density at radius 1 is 0.375 bits per heavy atom. The van der Waals surface area contributed by atoms with Crippen LogP contribution in [0.2, 0.25) is 0 Å². The van der Waals surface area contributed by atoms with E-state index in [0.717, 1.165) is 44.9 Å². The molecule has 2 atom stereocenters. The molecule has 0 rings (SSSR count). The van der Waals surface area contributed by atoms with Crippen LogP contribution in [0.4, 0.5) is 0 Å². The molecule has 0 aliphatic carbocycles. The summed E-state index contributed by atoms with van der Waals surface area (Å²) < 4.78 is 5.48. The van der Waals surface area contributed by atoms with Crippen LogP contribution in [-0.4, -0.2) is 47.4 Å². The molecule has 426 valence electrons. The van der Waals surface area contributed by atoms with Gasteiger partial charge in [0.15, 0.2) is 0 Å². The molecule has 0 aromatic rings. The third-order valence-electron chi connectivity index (χ3n) is 15.2. The second kappa shape index (κ2) is 61.9. The number of rotatable bonds is 61. The summed E-state index contributed by atoms with van der Waals surface area (Å²) in [6, 6.07) is -0.624. The summed E-state index contributed by atoms with van der Waals surface area (Å²) in [4.78, 5) is 24.5. The fourth-order valence-electron chi connectivity index (χ4n) is 10.2. The molecule has 2 unspecified atom stereocenters. The molecule has 0 aliphatic heterocycles. The minimum Gasteiger partial charge on any atom is -0.466 e. The van der Waals surface area contributed by atoms with Gasteiger partial charge in [-0.05, 0) is 57.8 Å². The van der Waals surface area contributed by atoms with Gasteiger partial charge in [-0.1, -0.05) is 314 Å². The lowest BCUT2D eigenvalue weighted by molar-refractivity contribution is -0.143. The molecule has 0 fully saturated rings. The fourth-order valence-corrected chi connectivity index (χ4v) is 10.2. The number of esters is 1. The monoisotopic (exact) mass is 1010 g/mol. The first kappa shape index (κ1) is 70.3. The van der Waals surface area contributed by atoms with Crippen molar-refractivity contribution >= 4 is 11.9 Å². The molecule has 1 amide bonds. The van der Waals surface area contributed by atoms with Crippen LogP contribution in [0, 0.1) is 0 Å². The Labute approximate surface area is 450 Å². The average Bonchev–Trinajstić information content (AvgIpc) is 3.38. The third kappa shape index (κ3) is 57.6. The van der Waals surface area contributed by atoms with Crippen molar-refractivity contribution in [3.8, 4) is 0 Å². The molecule has 0 aromatic carbocycles. The van der Waals surface area contributed by atoms with Gasteiger partial charge in [0, 0.05) is 12.8 Å². The number of unbranched alkanes of at least 4 members (excludes halogenated alkanes) is 48. The van der Waals surface area contributed by atoms with Crippen LogP contribution in [0.3, 0.4) is 0 Å². The lowest BCUT2D eigenvalue weighted by Gasteiger charge is -2.20. The summed E-state index contributed by atoms with van der Waals surface area (Å²) in [5.41, 5.74) is 0. The summed E-state index contributed by atoms with van der Waals surface area (Å²) in [5, 5.41) is 23.1. The van der Waals surface area contributed by atoms with Crippen LogP contribution < -0.4 is 5.32 Å². The van der Waals surface area contributed by atoms with Crippen molar-refractivity contribution in [2.24, 2.45) is 0 Å². The number of nitrogens with one attached hydrogen (secondary N) is 1. The molecule has 72 heavy (non-hydrogen) atoms. The van der Waals surface area contributed by atoms with E-state index in [4.69, 9.17) is 4.74 Å². The number of carbonyl (C=O) groups is 2. The van der Waals surface area contributed by atoms with Crippen molar-refractivity contribution in [3.05, 3.63) is 24.3 Å². The lowest BCUT2D eigenvalue weighted by Crippen LogP contribution is -2.45. The van der Waals surface area contributed by atoms with Gasteiger partial charge in [0.1, 0.15) is 0 Å². The van der Waals surface area contributed by atoms with Gasteiger partial charge in [0.05, 0.1) is 25.4 Å². The molecule has 0 bridgehead atoms. The Morgan fingerprint density at radius 3 is 1.00 bits per heavy atom. The van der Waals surface area contributed by atoms with Crippen LogP contribution in [0.1, 0.15) is 361 Å². The van der Waals surface area contributed by atoms with E-state index in [1.807, 2.05) is 6.08 Å². The van der Waals surface area contributed by atoms with Gasteiger partial charge in [-0.2, -0.15) is 0 Å². The van der Waals surface area contributed by atoms with Crippen LogP contribution in [0.25, 0.3) is 0 Å². The summed E-state index contributed by atoms with van der Waals surface area (Å²) in [6.07, 6.45) is 76.7. The summed E-state index contributed by atoms with van der Waals surface area (Å²) in [6.45, 7) is 4.90. The molecule has 0 aromatic heterocycles. The standard InChI is InChI=1S/C66H127NO5/c1-3-5-7-9-11-13-15-34-38-42-46-50-54-58-64(69)63(62-68)67-65(70)59-55-51-47-43-39-36-32-30-28-26-24-22-20-18-17-19-21-23-25-27-29-31-33-37-41-45-49-53-57-61-72-66(71)60-56-52-48-44-40-35-16-14-12-10-8-6-4-2/h14,16,54,58,63-64,68-69H,3-13,15,17-53,55-57,59-62H2,1-2H3,(H,67,70)/b16-14-,58-54+. The number of amides is 1. The first-order valence-electron chi connectivity index (χ1n) is 32.6. The smallest absolute Gasteiger partial charge is 0.305 e. The van der Waals surface area contributed by atoms with Gasteiger partial charge in [-0.25, -0.2) is 0 Å². The highest BCUT2D eigenvalue weighted by Gasteiger charge is 2.18. The molecule has 6 nitrogen and oxygen atoms in total. The van der Waals surface area contributed by atoms with Crippen molar-refractivity contribution in [2.75, 3.05) is 13.2 Å². The van der Waals surface area contributed by atoms with Crippen LogP contribution in [0.15, 0.2) is 24.3 Å². The molecule has 0 spiro atoms.